The molecule has 0 radical (unpaired) electrons. The molecule has 0 saturated carbocycles. The van der Waals surface area contributed by atoms with Crippen LogP contribution >= 0.6 is 11.3 Å². The number of rotatable bonds is 7. The summed E-state index contributed by atoms with van der Waals surface area (Å²) in [7, 11) is 3.20. The lowest BCUT2D eigenvalue weighted by Crippen LogP contribution is -2.09. The molecule has 7 nitrogen and oxygen atoms in total. The van der Waals surface area contributed by atoms with Gasteiger partial charge in [-0.05, 0) is 30.2 Å². The Hall–Kier alpha value is -2.89. The highest BCUT2D eigenvalue weighted by molar-refractivity contribution is 7.22. The van der Waals surface area contributed by atoms with Gasteiger partial charge in [0.25, 0.3) is 0 Å². The van der Waals surface area contributed by atoms with Gasteiger partial charge in [0, 0.05) is 18.4 Å². The smallest absolute Gasteiger partial charge is 0.246 e. The van der Waals surface area contributed by atoms with Gasteiger partial charge in [0.2, 0.25) is 5.00 Å². The highest BCUT2D eigenvalue weighted by Crippen LogP contribution is 2.39. The summed E-state index contributed by atoms with van der Waals surface area (Å²) < 4.78 is 10.6. The van der Waals surface area contributed by atoms with Gasteiger partial charge >= 0.3 is 0 Å². The van der Waals surface area contributed by atoms with Crippen LogP contribution in [0.2, 0.25) is 0 Å². The maximum absolute atomic E-state index is 9.15. The first kappa shape index (κ1) is 18.9. The molecule has 0 saturated heterocycles. The van der Waals surface area contributed by atoms with Crippen molar-refractivity contribution in [2.24, 2.45) is 0 Å². The molecular formula is C19H20N4O3S. The monoisotopic (exact) mass is 384 g/mol. The molecule has 0 spiro atoms. The highest BCUT2D eigenvalue weighted by atomic mass is 32.1. The van der Waals surface area contributed by atoms with E-state index in [0.29, 0.717) is 41.1 Å². The first-order chi connectivity index (χ1) is 13.1. The molecule has 0 atom stereocenters. The number of hydrogen-bond acceptors (Lipinski definition) is 7. The van der Waals surface area contributed by atoms with Crippen molar-refractivity contribution in [3.05, 3.63) is 46.6 Å². The van der Waals surface area contributed by atoms with Gasteiger partial charge in [0.1, 0.15) is 16.5 Å². The fraction of sp³-hybridized carbons (Fsp3) is 0.316. The summed E-state index contributed by atoms with van der Waals surface area (Å²) in [5.74, 6) is 2.59. The maximum Gasteiger partial charge on any atom is 0.246 e. The Morgan fingerprint density at radius 2 is 2.00 bits per heavy atom. The van der Waals surface area contributed by atoms with Crippen LogP contribution in [0.15, 0.2) is 18.2 Å². The van der Waals surface area contributed by atoms with Crippen LogP contribution in [0, 0.1) is 13.5 Å². The van der Waals surface area contributed by atoms with Crippen molar-refractivity contribution in [3.8, 4) is 11.5 Å². The van der Waals surface area contributed by atoms with E-state index in [1.165, 1.54) is 11.3 Å². The summed E-state index contributed by atoms with van der Waals surface area (Å²) in [6, 6.07) is 5.70. The zero-order valence-electron chi connectivity index (χ0n) is 15.4. The van der Waals surface area contributed by atoms with E-state index in [9.17, 15) is 0 Å². The molecular weight excluding hydrogens is 364 g/mol. The normalized spacial score (nSPS) is 10.6. The quantitative estimate of drug-likeness (QED) is 0.606. The molecule has 0 unspecified atom stereocenters. The molecule has 27 heavy (non-hydrogen) atoms. The second-order valence-corrected chi connectivity index (χ2v) is 6.81. The summed E-state index contributed by atoms with van der Waals surface area (Å²) in [6.45, 7) is 9.61. The lowest BCUT2D eigenvalue weighted by atomic mass is 10.1. The molecule has 0 aliphatic rings. The largest absolute Gasteiger partial charge is 0.493 e. The van der Waals surface area contributed by atoms with Crippen molar-refractivity contribution in [2.45, 2.75) is 13.3 Å². The fourth-order valence-corrected chi connectivity index (χ4v) is 3.82. The van der Waals surface area contributed by atoms with E-state index >= 15 is 0 Å². The lowest BCUT2D eigenvalue weighted by molar-refractivity contribution is 0.311. The van der Waals surface area contributed by atoms with Crippen LogP contribution in [0.5, 0.6) is 11.5 Å². The van der Waals surface area contributed by atoms with Crippen LogP contribution in [0.1, 0.15) is 17.0 Å². The SMILES string of the molecule is [C-]#[N+]c1sc2nc(Cc3ccc(OC)c(OC)c3)nc(NCCO)c2c1C. The zero-order valence-corrected chi connectivity index (χ0v) is 16.2. The number of aliphatic hydroxyl groups is 1. The summed E-state index contributed by atoms with van der Waals surface area (Å²) in [4.78, 5) is 13.6. The van der Waals surface area contributed by atoms with E-state index in [2.05, 4.69) is 20.1 Å². The predicted octanol–water partition coefficient (Wildman–Crippen LogP) is 3.56. The van der Waals surface area contributed by atoms with Crippen molar-refractivity contribution in [3.63, 3.8) is 0 Å². The molecule has 3 rings (SSSR count). The molecule has 0 aliphatic carbocycles. The van der Waals surface area contributed by atoms with Crippen LogP contribution in [-0.4, -0.2) is 42.4 Å². The number of benzene rings is 1. The van der Waals surface area contributed by atoms with Gasteiger partial charge in [-0.25, -0.2) is 14.8 Å². The van der Waals surface area contributed by atoms with Crippen LogP contribution in [0.25, 0.3) is 15.1 Å². The molecule has 140 valence electrons. The van der Waals surface area contributed by atoms with Gasteiger partial charge in [-0.2, -0.15) is 0 Å². The van der Waals surface area contributed by atoms with Gasteiger partial charge in [0.15, 0.2) is 11.5 Å². The Labute approximate surface area is 161 Å². The number of aliphatic hydroxyl groups excluding tert-OH is 1. The minimum atomic E-state index is -0.00459. The molecule has 0 amide bonds. The number of aromatic nitrogens is 2. The first-order valence-corrected chi connectivity index (χ1v) is 9.16. The Morgan fingerprint density at radius 1 is 1.22 bits per heavy atom. The van der Waals surface area contributed by atoms with E-state index in [1.807, 2.05) is 25.1 Å². The molecule has 1 aromatic carbocycles. The van der Waals surface area contributed by atoms with Gasteiger partial charge < -0.3 is 19.9 Å². The molecule has 2 aromatic heterocycles. The Morgan fingerprint density at radius 3 is 2.67 bits per heavy atom. The lowest BCUT2D eigenvalue weighted by Gasteiger charge is -2.11. The van der Waals surface area contributed by atoms with Crippen LogP contribution in [0.4, 0.5) is 10.8 Å². The number of anilines is 1. The van der Waals surface area contributed by atoms with E-state index in [0.717, 1.165) is 21.3 Å². The first-order valence-electron chi connectivity index (χ1n) is 8.34. The third-order valence-electron chi connectivity index (χ3n) is 4.13. The molecule has 0 bridgehead atoms. The van der Waals surface area contributed by atoms with E-state index < -0.39 is 0 Å². The van der Waals surface area contributed by atoms with Crippen molar-refractivity contribution < 1.29 is 14.6 Å². The average Bonchev–Trinajstić information content (AvgIpc) is 3.01. The summed E-state index contributed by atoms with van der Waals surface area (Å²) in [5, 5.41) is 13.7. The molecule has 0 aliphatic heterocycles. The molecule has 0 fully saturated rings. The average molecular weight is 384 g/mol. The number of fused-ring (bicyclic) bond motifs is 1. The van der Waals surface area contributed by atoms with Crippen LogP contribution in [-0.2, 0) is 6.42 Å². The fourth-order valence-electron chi connectivity index (χ4n) is 2.83. The highest BCUT2D eigenvalue weighted by Gasteiger charge is 2.16. The number of nitrogens with zero attached hydrogens (tertiary/aromatic N) is 3. The summed E-state index contributed by atoms with van der Waals surface area (Å²) in [6.07, 6.45) is 0.508. The van der Waals surface area contributed by atoms with Gasteiger partial charge in [-0.15, -0.1) is 11.3 Å². The van der Waals surface area contributed by atoms with Crippen molar-refractivity contribution in [1.29, 1.82) is 0 Å². The Bertz CT molecular complexity index is 1010. The Balaban J connectivity index is 2.03. The minimum absolute atomic E-state index is 0.00459. The van der Waals surface area contributed by atoms with Crippen molar-refractivity contribution >= 4 is 32.4 Å². The number of aryl methyl sites for hydroxylation is 1. The third kappa shape index (κ3) is 3.79. The number of hydrogen-bond donors (Lipinski definition) is 2. The van der Waals surface area contributed by atoms with Gasteiger partial charge in [0.05, 0.1) is 27.4 Å². The van der Waals surface area contributed by atoms with E-state index in [4.69, 9.17) is 21.2 Å². The standard InChI is InChI=1S/C19H20N4O3S/c1-11-16-17(21-7-8-24)22-15(23-19(16)27-18(11)20-2)10-12-5-6-13(25-3)14(9-12)26-4/h5-6,9,24H,7-8,10H2,1,3-4H3,(H,21,22,23). The second-order valence-electron chi connectivity index (χ2n) is 5.83. The number of methoxy groups -OCH3 is 2. The number of ether oxygens (including phenoxy) is 2. The minimum Gasteiger partial charge on any atom is -0.493 e. The second kappa shape index (κ2) is 8.20. The van der Waals surface area contributed by atoms with Crippen molar-refractivity contribution in [1.82, 2.24) is 9.97 Å². The van der Waals surface area contributed by atoms with Crippen molar-refractivity contribution in [2.75, 3.05) is 32.7 Å². The topological polar surface area (TPSA) is 80.9 Å². The van der Waals surface area contributed by atoms with Gasteiger partial charge in [-0.3, -0.25) is 0 Å². The van der Waals surface area contributed by atoms with E-state index in [-0.39, 0.29) is 6.61 Å². The zero-order chi connectivity index (χ0) is 19.4. The summed E-state index contributed by atoms with van der Waals surface area (Å²) >= 11 is 1.36. The van der Waals surface area contributed by atoms with Gasteiger partial charge in [-0.1, -0.05) is 6.07 Å². The molecule has 8 heteroatoms. The Kier molecular flexibility index (Phi) is 5.74. The number of nitrogens with one attached hydrogen (secondary N) is 1. The number of thiophene rings is 1. The molecule has 3 aromatic rings. The predicted molar refractivity (Wildman–Crippen MR) is 106 cm³/mol. The maximum atomic E-state index is 9.15. The molecule has 2 heterocycles. The molecule has 2 N–H and O–H groups in total. The third-order valence-corrected chi connectivity index (χ3v) is 5.21. The van der Waals surface area contributed by atoms with E-state index in [1.54, 1.807) is 14.2 Å². The summed E-state index contributed by atoms with van der Waals surface area (Å²) in [5.41, 5.74) is 1.85. The van der Waals surface area contributed by atoms with Crippen LogP contribution in [0.3, 0.4) is 0 Å². The van der Waals surface area contributed by atoms with Crippen LogP contribution < -0.4 is 14.8 Å².